The average molecular weight is 416 g/mol. The molecule has 0 saturated heterocycles. The molecule has 0 spiro atoms. The maximum atomic E-state index is 11.9. The van der Waals surface area contributed by atoms with Crippen molar-refractivity contribution in [2.75, 3.05) is 6.54 Å². The van der Waals surface area contributed by atoms with Gasteiger partial charge >= 0.3 is 5.97 Å². The normalized spacial score (nSPS) is 14.8. The molecule has 0 radical (unpaired) electrons. The summed E-state index contributed by atoms with van der Waals surface area (Å²) in [6.07, 6.45) is 1.08. The van der Waals surface area contributed by atoms with E-state index in [9.17, 15) is 14.4 Å². The molecule has 1 fully saturated rings. The van der Waals surface area contributed by atoms with Crippen LogP contribution in [-0.2, 0) is 14.3 Å². The fourth-order valence-electron chi connectivity index (χ4n) is 1.73. The minimum atomic E-state index is -0.859. The van der Waals surface area contributed by atoms with Crippen LogP contribution in [0.5, 0.6) is 0 Å². The van der Waals surface area contributed by atoms with Gasteiger partial charge < -0.3 is 15.4 Å². The van der Waals surface area contributed by atoms with Crippen molar-refractivity contribution in [3.63, 3.8) is 0 Å². The van der Waals surface area contributed by atoms with Crippen molar-refractivity contribution in [1.29, 1.82) is 0 Å². The van der Waals surface area contributed by atoms with Crippen LogP contribution in [-0.4, -0.2) is 36.5 Å². The van der Waals surface area contributed by atoms with E-state index in [-0.39, 0.29) is 24.4 Å². The molecule has 2 amide bonds. The highest BCUT2D eigenvalue weighted by Crippen LogP contribution is 2.18. The minimum Gasteiger partial charge on any atom is -0.451 e. The molecular weight excluding hydrogens is 399 g/mol. The van der Waals surface area contributed by atoms with Gasteiger partial charge in [0.2, 0.25) is 0 Å². The molecule has 1 aliphatic carbocycles. The van der Waals surface area contributed by atoms with Crippen LogP contribution in [0.25, 0.3) is 0 Å². The first-order valence-corrected chi connectivity index (χ1v) is 8.08. The van der Waals surface area contributed by atoms with E-state index in [1.807, 2.05) is 28.7 Å². The summed E-state index contributed by atoms with van der Waals surface area (Å²) in [5, 5.41) is 5.24. The van der Waals surface area contributed by atoms with Crippen molar-refractivity contribution in [2.24, 2.45) is 0 Å². The summed E-state index contributed by atoms with van der Waals surface area (Å²) in [5.41, 5.74) is 0.496. The number of ether oxygens (including phenoxy) is 1. The van der Waals surface area contributed by atoms with Crippen molar-refractivity contribution in [1.82, 2.24) is 10.6 Å². The summed E-state index contributed by atoms with van der Waals surface area (Å²) in [4.78, 5) is 35.3. The lowest BCUT2D eigenvalue weighted by Crippen LogP contribution is -2.39. The van der Waals surface area contributed by atoms with Gasteiger partial charge in [0.05, 0.1) is 5.56 Å². The van der Waals surface area contributed by atoms with E-state index < -0.39 is 12.1 Å². The number of hydrogen-bond donors (Lipinski definition) is 2. The van der Waals surface area contributed by atoms with Gasteiger partial charge in [-0.25, -0.2) is 0 Å². The molecule has 0 aromatic heterocycles. The number of carbonyl (C=O) groups excluding carboxylic acids is 3. The number of carbonyl (C=O) groups is 3. The molecule has 0 bridgehead atoms. The van der Waals surface area contributed by atoms with Gasteiger partial charge in [-0.1, -0.05) is 12.1 Å². The molecule has 6 nitrogen and oxygen atoms in total. The Morgan fingerprint density at radius 2 is 2.00 bits per heavy atom. The molecule has 22 heavy (non-hydrogen) atoms. The van der Waals surface area contributed by atoms with Gasteiger partial charge in [-0.15, -0.1) is 0 Å². The van der Waals surface area contributed by atoms with Crippen LogP contribution in [0.15, 0.2) is 24.3 Å². The van der Waals surface area contributed by atoms with Gasteiger partial charge in [0.25, 0.3) is 11.8 Å². The summed E-state index contributed by atoms with van der Waals surface area (Å²) in [5.74, 6) is -1.30. The van der Waals surface area contributed by atoms with E-state index in [1.165, 1.54) is 6.92 Å². The number of halogens is 1. The van der Waals surface area contributed by atoms with Crippen LogP contribution in [0.4, 0.5) is 0 Å². The molecular formula is C15H17IN2O4. The van der Waals surface area contributed by atoms with Gasteiger partial charge in [0.15, 0.2) is 6.10 Å². The summed E-state index contributed by atoms with van der Waals surface area (Å²) in [6.45, 7) is 1.24. The number of amides is 2. The lowest BCUT2D eigenvalue weighted by Gasteiger charge is -2.13. The molecule has 0 unspecified atom stereocenters. The molecule has 1 aromatic rings. The molecule has 2 N–H and O–H groups in total. The Hall–Kier alpha value is -1.64. The predicted molar refractivity (Wildman–Crippen MR) is 88.2 cm³/mol. The molecule has 2 rings (SSSR count). The molecule has 1 saturated carbocycles. The second kappa shape index (κ2) is 7.57. The Morgan fingerprint density at radius 3 is 2.64 bits per heavy atom. The van der Waals surface area contributed by atoms with Gasteiger partial charge in [0.1, 0.15) is 6.54 Å². The minimum absolute atomic E-state index is 0.216. The number of benzene rings is 1. The molecule has 7 heteroatoms. The third kappa shape index (κ3) is 4.97. The summed E-state index contributed by atoms with van der Waals surface area (Å²) >= 11 is 2.05. The van der Waals surface area contributed by atoms with Gasteiger partial charge in [-0.05, 0) is 54.5 Å². The lowest BCUT2D eigenvalue weighted by atomic mass is 10.2. The van der Waals surface area contributed by atoms with Gasteiger partial charge in [0, 0.05) is 9.61 Å². The highest BCUT2D eigenvalue weighted by Gasteiger charge is 2.27. The summed E-state index contributed by atoms with van der Waals surface area (Å²) in [7, 11) is 0. The van der Waals surface area contributed by atoms with Crippen molar-refractivity contribution in [3.05, 3.63) is 33.4 Å². The standard InChI is InChI=1S/C15H17IN2O4/c1-9(14(20)18-10-6-7-10)22-13(19)8-17-15(21)11-4-2-3-5-12(11)16/h2-5,9-10H,6-8H2,1H3,(H,17,21)(H,18,20)/t9-/m1/s1. The zero-order valence-corrected chi connectivity index (χ0v) is 14.3. The van der Waals surface area contributed by atoms with E-state index in [1.54, 1.807) is 18.2 Å². The topological polar surface area (TPSA) is 84.5 Å². The zero-order chi connectivity index (χ0) is 16.1. The van der Waals surface area contributed by atoms with E-state index in [2.05, 4.69) is 10.6 Å². The molecule has 0 heterocycles. The van der Waals surface area contributed by atoms with Crippen molar-refractivity contribution in [3.8, 4) is 0 Å². The van der Waals surface area contributed by atoms with Crippen molar-refractivity contribution >= 4 is 40.4 Å². The first-order chi connectivity index (χ1) is 10.5. The maximum absolute atomic E-state index is 11.9. The Balaban J connectivity index is 1.76. The highest BCUT2D eigenvalue weighted by molar-refractivity contribution is 14.1. The van der Waals surface area contributed by atoms with E-state index in [0.717, 1.165) is 16.4 Å². The molecule has 1 atom stereocenters. The molecule has 1 aromatic carbocycles. The Morgan fingerprint density at radius 1 is 1.32 bits per heavy atom. The van der Waals surface area contributed by atoms with E-state index >= 15 is 0 Å². The number of hydrogen-bond acceptors (Lipinski definition) is 4. The monoisotopic (exact) mass is 416 g/mol. The largest absolute Gasteiger partial charge is 0.451 e. The number of nitrogens with one attached hydrogen (secondary N) is 2. The van der Waals surface area contributed by atoms with Crippen LogP contribution < -0.4 is 10.6 Å². The maximum Gasteiger partial charge on any atom is 0.326 e. The third-order valence-electron chi connectivity index (χ3n) is 3.11. The predicted octanol–water partition coefficient (Wildman–Crippen LogP) is 1.23. The molecule has 118 valence electrons. The highest BCUT2D eigenvalue weighted by atomic mass is 127. The van der Waals surface area contributed by atoms with Gasteiger partial charge in [-0.2, -0.15) is 0 Å². The van der Waals surface area contributed by atoms with E-state index in [4.69, 9.17) is 4.74 Å². The Kier molecular flexibility index (Phi) is 5.76. The quantitative estimate of drug-likeness (QED) is 0.540. The fraction of sp³-hybridized carbons (Fsp3) is 0.400. The second-order valence-electron chi connectivity index (χ2n) is 5.08. The third-order valence-corrected chi connectivity index (χ3v) is 4.05. The van der Waals surface area contributed by atoms with E-state index in [0.29, 0.717) is 5.56 Å². The Bertz CT molecular complexity index is 587. The first kappa shape index (κ1) is 16.7. The van der Waals surface area contributed by atoms with Crippen LogP contribution in [0, 0.1) is 3.57 Å². The van der Waals surface area contributed by atoms with Crippen molar-refractivity contribution < 1.29 is 19.1 Å². The molecule has 0 aliphatic heterocycles. The smallest absolute Gasteiger partial charge is 0.326 e. The number of esters is 1. The first-order valence-electron chi connectivity index (χ1n) is 7.00. The summed E-state index contributed by atoms with van der Waals surface area (Å²) < 4.78 is 5.78. The van der Waals surface area contributed by atoms with Crippen molar-refractivity contribution in [2.45, 2.75) is 31.9 Å². The van der Waals surface area contributed by atoms with Crippen LogP contribution in [0.3, 0.4) is 0 Å². The van der Waals surface area contributed by atoms with Crippen LogP contribution in [0.1, 0.15) is 30.1 Å². The summed E-state index contributed by atoms with van der Waals surface area (Å²) in [6, 6.07) is 7.27. The SMILES string of the molecule is C[C@@H](OC(=O)CNC(=O)c1ccccc1I)C(=O)NC1CC1. The number of rotatable bonds is 6. The fourth-order valence-corrected chi connectivity index (χ4v) is 2.36. The zero-order valence-electron chi connectivity index (χ0n) is 12.1. The Labute approximate surface area is 142 Å². The lowest BCUT2D eigenvalue weighted by molar-refractivity contribution is -0.153. The van der Waals surface area contributed by atoms with Crippen LogP contribution in [0.2, 0.25) is 0 Å². The molecule has 1 aliphatic rings. The second-order valence-corrected chi connectivity index (χ2v) is 6.24. The average Bonchev–Trinajstić information content (AvgIpc) is 3.29. The van der Waals surface area contributed by atoms with Gasteiger partial charge in [-0.3, -0.25) is 14.4 Å². The van der Waals surface area contributed by atoms with Crippen LogP contribution >= 0.6 is 22.6 Å².